The molecule has 1 aromatic heterocycles. The minimum atomic E-state index is -0.366. The molecule has 3 heterocycles. The largest absolute Gasteiger partial charge is 0.353 e. The van der Waals surface area contributed by atoms with Crippen molar-refractivity contribution in [3.8, 4) is 11.1 Å². The summed E-state index contributed by atoms with van der Waals surface area (Å²) >= 11 is 0. The lowest BCUT2D eigenvalue weighted by Gasteiger charge is -2.53. The number of para-hydroxylation sites is 1. The Balaban J connectivity index is 1.27. The number of anilines is 1. The second kappa shape index (κ2) is 8.20. The first-order chi connectivity index (χ1) is 16.6. The third kappa shape index (κ3) is 3.50. The summed E-state index contributed by atoms with van der Waals surface area (Å²) in [4.78, 5) is 26.8. The Morgan fingerprint density at radius 3 is 2.74 bits per heavy atom. The Labute approximate surface area is 197 Å². The molecule has 0 unspecified atom stereocenters. The normalized spacial score (nSPS) is 19.6. The van der Waals surface area contributed by atoms with E-state index < -0.39 is 0 Å². The number of nitrogens with zero attached hydrogens (tertiary/aromatic N) is 4. The number of carbonyl (C=O) groups is 1. The van der Waals surface area contributed by atoms with Crippen LogP contribution in [0.5, 0.6) is 0 Å². The molecule has 2 aliphatic heterocycles. The highest BCUT2D eigenvalue weighted by Gasteiger charge is 2.45. The number of hydrogen-bond donors (Lipinski definition) is 0. The van der Waals surface area contributed by atoms with Crippen LogP contribution in [-0.2, 0) is 0 Å². The van der Waals surface area contributed by atoms with Gasteiger partial charge in [-0.3, -0.25) is 9.78 Å². The average Bonchev–Trinajstić information content (AvgIpc) is 2.85. The SMILES string of the molecule is Cc1ccc(-c2ccccc2)c(C(=O)N2C[C@H]3CCN(c4cnc5cccc(F)c5n4)C[C@H]32)c1. The van der Waals surface area contributed by atoms with Gasteiger partial charge in [0, 0.05) is 31.1 Å². The molecule has 2 atom stereocenters. The number of benzene rings is 3. The fourth-order valence-corrected chi connectivity index (χ4v) is 5.24. The van der Waals surface area contributed by atoms with Crippen LogP contribution in [0.25, 0.3) is 22.2 Å². The van der Waals surface area contributed by atoms with Crippen molar-refractivity contribution in [1.82, 2.24) is 14.9 Å². The molecule has 3 aromatic carbocycles. The molecule has 1 amide bonds. The van der Waals surface area contributed by atoms with E-state index in [1.54, 1.807) is 18.3 Å². The van der Waals surface area contributed by atoms with E-state index in [0.29, 0.717) is 23.8 Å². The van der Waals surface area contributed by atoms with Crippen molar-refractivity contribution in [2.75, 3.05) is 24.5 Å². The Morgan fingerprint density at radius 2 is 1.88 bits per heavy atom. The third-order valence-corrected chi connectivity index (χ3v) is 7.14. The molecule has 0 saturated carbocycles. The van der Waals surface area contributed by atoms with Gasteiger partial charge >= 0.3 is 0 Å². The summed E-state index contributed by atoms with van der Waals surface area (Å²) in [6.07, 6.45) is 2.69. The van der Waals surface area contributed by atoms with Crippen molar-refractivity contribution in [3.05, 3.63) is 89.9 Å². The maximum absolute atomic E-state index is 14.3. The zero-order valence-electron chi connectivity index (χ0n) is 19.0. The van der Waals surface area contributed by atoms with Crippen LogP contribution in [0.2, 0.25) is 0 Å². The van der Waals surface area contributed by atoms with Gasteiger partial charge in [0.05, 0.1) is 17.8 Å². The van der Waals surface area contributed by atoms with Crippen molar-refractivity contribution in [2.45, 2.75) is 19.4 Å². The van der Waals surface area contributed by atoms with Gasteiger partial charge in [-0.05, 0) is 42.7 Å². The van der Waals surface area contributed by atoms with Crippen molar-refractivity contribution in [2.24, 2.45) is 5.92 Å². The third-order valence-electron chi connectivity index (χ3n) is 7.14. The van der Waals surface area contributed by atoms with Gasteiger partial charge in [-0.15, -0.1) is 0 Å². The Morgan fingerprint density at radius 1 is 1.03 bits per heavy atom. The van der Waals surface area contributed by atoms with Crippen LogP contribution in [0, 0.1) is 18.7 Å². The lowest BCUT2D eigenvalue weighted by Crippen LogP contribution is -2.65. The van der Waals surface area contributed by atoms with E-state index in [1.165, 1.54) is 6.07 Å². The second-order valence-electron chi connectivity index (χ2n) is 9.27. The standard InChI is InChI=1S/C28H25FN4O/c1-18-10-11-21(19-6-3-2-4-7-19)22(14-18)28(34)33-16-20-12-13-32(17-25(20)33)26-15-30-24-9-5-8-23(29)27(24)31-26/h2-11,14-15,20,25H,12-13,16-17H2,1H3/t20-,25-/m1/s1. The molecular formula is C28H25FN4O. The molecule has 0 N–H and O–H groups in total. The van der Waals surface area contributed by atoms with Crippen LogP contribution in [0.3, 0.4) is 0 Å². The number of rotatable bonds is 3. The number of halogens is 1. The molecule has 170 valence electrons. The fourth-order valence-electron chi connectivity index (χ4n) is 5.24. The van der Waals surface area contributed by atoms with Gasteiger partial charge in [0.1, 0.15) is 11.3 Å². The van der Waals surface area contributed by atoms with Crippen LogP contribution in [0.15, 0.2) is 72.9 Å². The van der Waals surface area contributed by atoms with E-state index in [4.69, 9.17) is 0 Å². The molecule has 2 aliphatic rings. The quantitative estimate of drug-likeness (QED) is 0.434. The monoisotopic (exact) mass is 452 g/mol. The summed E-state index contributed by atoms with van der Waals surface area (Å²) in [5.41, 5.74) is 4.65. The van der Waals surface area contributed by atoms with Gasteiger partial charge in [0.2, 0.25) is 0 Å². The predicted molar refractivity (Wildman–Crippen MR) is 131 cm³/mol. The summed E-state index contributed by atoms with van der Waals surface area (Å²) in [5, 5.41) is 0. The molecular weight excluding hydrogens is 427 g/mol. The highest BCUT2D eigenvalue weighted by atomic mass is 19.1. The van der Waals surface area contributed by atoms with Crippen molar-refractivity contribution in [3.63, 3.8) is 0 Å². The minimum absolute atomic E-state index is 0.0706. The van der Waals surface area contributed by atoms with E-state index in [9.17, 15) is 9.18 Å². The summed E-state index contributed by atoms with van der Waals surface area (Å²) < 4.78 is 14.3. The summed E-state index contributed by atoms with van der Waals surface area (Å²) in [5.74, 6) is 0.850. The van der Waals surface area contributed by atoms with Crippen LogP contribution in [0.1, 0.15) is 22.3 Å². The highest BCUT2D eigenvalue weighted by Crippen LogP contribution is 2.37. The average molecular weight is 453 g/mol. The van der Waals surface area contributed by atoms with Gasteiger partial charge in [0.25, 0.3) is 5.91 Å². The van der Waals surface area contributed by atoms with E-state index in [1.807, 2.05) is 54.3 Å². The smallest absolute Gasteiger partial charge is 0.254 e. The first-order valence-corrected chi connectivity index (χ1v) is 11.7. The van der Waals surface area contributed by atoms with E-state index >= 15 is 0 Å². The van der Waals surface area contributed by atoms with Gasteiger partial charge in [-0.1, -0.05) is 54.1 Å². The Hall–Kier alpha value is -3.80. The fraction of sp³-hybridized carbons (Fsp3) is 0.250. The molecule has 0 aliphatic carbocycles. The molecule has 5 nitrogen and oxygen atoms in total. The topological polar surface area (TPSA) is 49.3 Å². The Bertz CT molecular complexity index is 1390. The van der Waals surface area contributed by atoms with E-state index in [-0.39, 0.29) is 23.3 Å². The van der Waals surface area contributed by atoms with Gasteiger partial charge in [-0.2, -0.15) is 0 Å². The molecule has 4 aromatic rings. The highest BCUT2D eigenvalue weighted by molar-refractivity contribution is 6.01. The molecule has 6 rings (SSSR count). The van der Waals surface area contributed by atoms with Gasteiger partial charge in [-0.25, -0.2) is 9.37 Å². The van der Waals surface area contributed by atoms with Crippen molar-refractivity contribution >= 4 is 22.8 Å². The lowest BCUT2D eigenvalue weighted by atomic mass is 9.81. The molecule has 2 fully saturated rings. The van der Waals surface area contributed by atoms with E-state index in [0.717, 1.165) is 41.8 Å². The lowest BCUT2D eigenvalue weighted by molar-refractivity contribution is 0.00786. The maximum Gasteiger partial charge on any atom is 0.254 e. The van der Waals surface area contributed by atoms with Crippen LogP contribution in [-0.4, -0.2) is 46.5 Å². The number of carbonyl (C=O) groups excluding carboxylic acids is 1. The van der Waals surface area contributed by atoms with Gasteiger partial charge < -0.3 is 9.80 Å². The molecule has 0 spiro atoms. The van der Waals surface area contributed by atoms with Crippen LogP contribution >= 0.6 is 0 Å². The molecule has 2 saturated heterocycles. The van der Waals surface area contributed by atoms with Crippen LogP contribution < -0.4 is 4.90 Å². The number of likely N-dealkylation sites (tertiary alicyclic amines) is 1. The summed E-state index contributed by atoms with van der Waals surface area (Å²) in [6, 6.07) is 21.1. The molecule has 0 radical (unpaired) electrons. The van der Waals surface area contributed by atoms with Crippen molar-refractivity contribution in [1.29, 1.82) is 0 Å². The van der Waals surface area contributed by atoms with Gasteiger partial charge in [0.15, 0.2) is 5.82 Å². The van der Waals surface area contributed by atoms with Crippen LogP contribution in [0.4, 0.5) is 10.2 Å². The summed E-state index contributed by atoms with van der Waals surface area (Å²) in [6.45, 7) is 4.30. The predicted octanol–water partition coefficient (Wildman–Crippen LogP) is 5.10. The molecule has 6 heteroatoms. The maximum atomic E-state index is 14.3. The number of fused-ring (bicyclic) bond motifs is 2. The molecule has 0 bridgehead atoms. The first kappa shape index (κ1) is 20.8. The summed E-state index contributed by atoms with van der Waals surface area (Å²) in [7, 11) is 0. The molecule has 34 heavy (non-hydrogen) atoms. The van der Waals surface area contributed by atoms with E-state index in [2.05, 4.69) is 20.9 Å². The zero-order chi connectivity index (χ0) is 23.2. The zero-order valence-corrected chi connectivity index (χ0v) is 19.0. The number of hydrogen-bond acceptors (Lipinski definition) is 4. The number of aromatic nitrogens is 2. The first-order valence-electron chi connectivity index (χ1n) is 11.7. The second-order valence-corrected chi connectivity index (χ2v) is 9.27. The minimum Gasteiger partial charge on any atom is -0.353 e. The number of amides is 1. The number of aryl methyl sites for hydroxylation is 1. The van der Waals surface area contributed by atoms with Crippen molar-refractivity contribution < 1.29 is 9.18 Å². The Kier molecular flexibility index (Phi) is 5.01. The number of piperidine rings is 1.